The maximum absolute atomic E-state index is 12.1. The van der Waals surface area contributed by atoms with Gasteiger partial charge in [0.25, 0.3) is 0 Å². The second kappa shape index (κ2) is 10.8. The molecule has 3 rings (SSSR count). The van der Waals surface area contributed by atoms with E-state index in [1.165, 1.54) is 5.56 Å². The molecule has 0 saturated carbocycles. The van der Waals surface area contributed by atoms with Gasteiger partial charge in [0.1, 0.15) is 5.82 Å². The standard InChI is InChI=1S/C24H27BrClF3N2/c25-20-15-19-21(31-23(30)22(19)17-10-8-11-18(26)13-17)14-16(20)9-6-4-2-1-3-5-7-12-24(27,28)29/h8,10-11,13-15,31H,1-7,9,12,30H2. The third kappa shape index (κ3) is 6.91. The molecule has 0 aliphatic heterocycles. The van der Waals surface area contributed by atoms with Crippen LogP contribution in [0.15, 0.2) is 40.9 Å². The van der Waals surface area contributed by atoms with Crippen LogP contribution in [0.25, 0.3) is 22.0 Å². The van der Waals surface area contributed by atoms with E-state index in [0.29, 0.717) is 17.3 Å². The molecule has 1 heterocycles. The lowest BCUT2D eigenvalue weighted by Crippen LogP contribution is -2.06. The molecule has 0 bridgehead atoms. The van der Waals surface area contributed by atoms with Crippen LogP contribution in [-0.2, 0) is 6.42 Å². The first-order valence-corrected chi connectivity index (χ1v) is 11.8. The Kier molecular flexibility index (Phi) is 8.34. The van der Waals surface area contributed by atoms with E-state index >= 15 is 0 Å². The Labute approximate surface area is 194 Å². The number of H-pyrrole nitrogens is 1. The van der Waals surface area contributed by atoms with Gasteiger partial charge in [-0.15, -0.1) is 0 Å². The van der Waals surface area contributed by atoms with Crippen molar-refractivity contribution in [3.05, 3.63) is 51.5 Å². The van der Waals surface area contributed by atoms with Crippen LogP contribution in [-0.4, -0.2) is 11.2 Å². The molecule has 0 aliphatic carbocycles. The number of hydrogen-bond acceptors (Lipinski definition) is 1. The van der Waals surface area contributed by atoms with E-state index in [1.54, 1.807) is 0 Å². The number of aromatic amines is 1. The van der Waals surface area contributed by atoms with Crippen molar-refractivity contribution in [3.63, 3.8) is 0 Å². The lowest BCUT2D eigenvalue weighted by molar-refractivity contribution is -0.135. The molecule has 3 aromatic rings. The zero-order valence-electron chi connectivity index (χ0n) is 17.3. The van der Waals surface area contributed by atoms with Crippen LogP contribution in [0.5, 0.6) is 0 Å². The fourth-order valence-corrected chi connectivity index (χ4v) is 4.68. The lowest BCUT2D eigenvalue weighted by Gasteiger charge is -2.08. The molecule has 31 heavy (non-hydrogen) atoms. The molecule has 0 aliphatic rings. The fraction of sp³-hybridized carbons (Fsp3) is 0.417. The number of hydrogen-bond donors (Lipinski definition) is 2. The van der Waals surface area contributed by atoms with Crippen LogP contribution in [0.3, 0.4) is 0 Å². The van der Waals surface area contributed by atoms with Gasteiger partial charge in [0.2, 0.25) is 0 Å². The molecule has 7 heteroatoms. The van der Waals surface area contributed by atoms with Crippen LogP contribution in [0.2, 0.25) is 5.02 Å². The maximum Gasteiger partial charge on any atom is 0.389 e. The van der Waals surface area contributed by atoms with Crippen LogP contribution in [0.1, 0.15) is 56.9 Å². The summed E-state index contributed by atoms with van der Waals surface area (Å²) in [6.45, 7) is 0. The van der Waals surface area contributed by atoms with Crippen molar-refractivity contribution >= 4 is 44.3 Å². The number of fused-ring (bicyclic) bond motifs is 1. The number of nitrogens with two attached hydrogens (primary N) is 1. The monoisotopic (exact) mass is 514 g/mol. The van der Waals surface area contributed by atoms with E-state index in [1.807, 2.05) is 24.3 Å². The molecule has 0 saturated heterocycles. The Morgan fingerprint density at radius 3 is 2.29 bits per heavy atom. The third-order valence-electron chi connectivity index (χ3n) is 5.51. The first kappa shape index (κ1) is 24.0. The van der Waals surface area contributed by atoms with Crippen molar-refractivity contribution < 1.29 is 13.2 Å². The summed E-state index contributed by atoms with van der Waals surface area (Å²) < 4.78 is 37.4. The Balaban J connectivity index is 1.53. The number of halogens is 5. The number of unbranched alkanes of at least 4 members (excludes halogenated alkanes) is 6. The number of nitrogens with one attached hydrogen (secondary N) is 1. The minimum Gasteiger partial charge on any atom is -0.385 e. The van der Waals surface area contributed by atoms with Gasteiger partial charge in [-0.25, -0.2) is 0 Å². The molecule has 1 aromatic heterocycles. The Hall–Kier alpha value is -1.66. The summed E-state index contributed by atoms with van der Waals surface area (Å²) in [5.74, 6) is 0.617. The van der Waals surface area contributed by atoms with Crippen LogP contribution in [0, 0.1) is 0 Å². The molecule has 2 aromatic carbocycles. The first-order chi connectivity index (χ1) is 14.7. The summed E-state index contributed by atoms with van der Waals surface area (Å²) >= 11 is 9.86. The highest BCUT2D eigenvalue weighted by Crippen LogP contribution is 2.38. The summed E-state index contributed by atoms with van der Waals surface area (Å²) in [4.78, 5) is 3.29. The topological polar surface area (TPSA) is 41.8 Å². The second-order valence-corrected chi connectivity index (χ2v) is 9.29. The van der Waals surface area contributed by atoms with E-state index in [-0.39, 0.29) is 6.42 Å². The van der Waals surface area contributed by atoms with Gasteiger partial charge in [-0.2, -0.15) is 13.2 Å². The van der Waals surface area contributed by atoms with Gasteiger partial charge in [-0.1, -0.05) is 71.8 Å². The zero-order valence-corrected chi connectivity index (χ0v) is 19.6. The summed E-state index contributed by atoms with van der Waals surface area (Å²) in [7, 11) is 0. The normalized spacial score (nSPS) is 12.0. The molecule has 0 spiro atoms. The van der Waals surface area contributed by atoms with Gasteiger partial charge in [0.15, 0.2) is 0 Å². The maximum atomic E-state index is 12.1. The van der Waals surface area contributed by atoms with Crippen molar-refractivity contribution in [2.75, 3.05) is 5.73 Å². The van der Waals surface area contributed by atoms with Crippen LogP contribution >= 0.6 is 27.5 Å². The Bertz CT molecular complexity index is 1010. The average molecular weight is 516 g/mol. The number of rotatable bonds is 10. The molecule has 168 valence electrons. The van der Waals surface area contributed by atoms with Gasteiger partial charge >= 0.3 is 6.18 Å². The van der Waals surface area contributed by atoms with Gasteiger partial charge in [0.05, 0.1) is 0 Å². The van der Waals surface area contributed by atoms with E-state index < -0.39 is 12.6 Å². The van der Waals surface area contributed by atoms with E-state index in [9.17, 15) is 13.2 Å². The van der Waals surface area contributed by atoms with Crippen molar-refractivity contribution in [2.24, 2.45) is 0 Å². The van der Waals surface area contributed by atoms with E-state index in [2.05, 4.69) is 33.0 Å². The Morgan fingerprint density at radius 1 is 0.935 bits per heavy atom. The minimum absolute atomic E-state index is 0.243. The molecule has 0 atom stereocenters. The first-order valence-electron chi connectivity index (χ1n) is 10.7. The van der Waals surface area contributed by atoms with E-state index in [0.717, 1.165) is 65.0 Å². The number of aryl methyl sites for hydroxylation is 1. The molecule has 3 N–H and O–H groups in total. The number of alkyl halides is 3. The molecule has 0 fully saturated rings. The van der Waals surface area contributed by atoms with Crippen molar-refractivity contribution in [3.8, 4) is 11.1 Å². The highest BCUT2D eigenvalue weighted by atomic mass is 79.9. The molecule has 0 unspecified atom stereocenters. The quantitative estimate of drug-likeness (QED) is 0.260. The van der Waals surface area contributed by atoms with Crippen molar-refractivity contribution in [1.29, 1.82) is 0 Å². The number of aromatic nitrogens is 1. The predicted molar refractivity (Wildman–Crippen MR) is 128 cm³/mol. The van der Waals surface area contributed by atoms with Gasteiger partial charge in [-0.05, 0) is 54.7 Å². The number of benzene rings is 2. The van der Waals surface area contributed by atoms with Gasteiger partial charge in [0, 0.05) is 32.4 Å². The SMILES string of the molecule is Nc1[nH]c2cc(CCCCCCCCCC(F)(F)F)c(Br)cc2c1-c1cccc(Cl)c1. The molecule has 2 nitrogen and oxygen atoms in total. The second-order valence-electron chi connectivity index (χ2n) is 8.00. The summed E-state index contributed by atoms with van der Waals surface area (Å²) in [6.07, 6.45) is 2.20. The predicted octanol–water partition coefficient (Wildman–Crippen LogP) is 9.06. The summed E-state index contributed by atoms with van der Waals surface area (Å²) in [5.41, 5.74) is 10.4. The van der Waals surface area contributed by atoms with Crippen LogP contribution < -0.4 is 5.73 Å². The summed E-state index contributed by atoms with van der Waals surface area (Å²) in [5, 5.41) is 1.72. The van der Waals surface area contributed by atoms with Crippen LogP contribution in [0.4, 0.5) is 19.0 Å². The molecular weight excluding hydrogens is 489 g/mol. The van der Waals surface area contributed by atoms with E-state index in [4.69, 9.17) is 17.3 Å². The van der Waals surface area contributed by atoms with Crippen molar-refractivity contribution in [1.82, 2.24) is 4.98 Å². The highest BCUT2D eigenvalue weighted by molar-refractivity contribution is 9.10. The highest BCUT2D eigenvalue weighted by Gasteiger charge is 2.25. The lowest BCUT2D eigenvalue weighted by atomic mass is 10.0. The zero-order chi connectivity index (χ0) is 22.4. The number of anilines is 1. The number of nitrogen functional groups attached to an aromatic ring is 1. The van der Waals surface area contributed by atoms with Gasteiger partial charge in [-0.3, -0.25) is 0 Å². The van der Waals surface area contributed by atoms with Crippen molar-refractivity contribution in [2.45, 2.75) is 64.0 Å². The molecular formula is C24H27BrClF3N2. The third-order valence-corrected chi connectivity index (χ3v) is 6.49. The Morgan fingerprint density at radius 2 is 1.61 bits per heavy atom. The largest absolute Gasteiger partial charge is 0.389 e. The molecule has 0 radical (unpaired) electrons. The average Bonchev–Trinajstić information content (AvgIpc) is 3.00. The smallest absolute Gasteiger partial charge is 0.385 e. The molecule has 0 amide bonds. The fourth-order valence-electron chi connectivity index (χ4n) is 3.95. The minimum atomic E-state index is -4.02. The van der Waals surface area contributed by atoms with Gasteiger partial charge < -0.3 is 10.7 Å². The summed E-state index contributed by atoms with van der Waals surface area (Å²) in [6, 6.07) is 11.9.